The summed E-state index contributed by atoms with van der Waals surface area (Å²) in [4.78, 5) is 33.5. The molecule has 32 heavy (non-hydrogen) atoms. The summed E-state index contributed by atoms with van der Waals surface area (Å²) in [6.45, 7) is 0.952. The summed E-state index contributed by atoms with van der Waals surface area (Å²) in [5.41, 5.74) is 4.82. The summed E-state index contributed by atoms with van der Waals surface area (Å²) in [5.74, 6) is 0.638. The topological polar surface area (TPSA) is 65.0 Å². The molecule has 1 aliphatic carbocycles. The van der Waals surface area contributed by atoms with E-state index in [2.05, 4.69) is 16.4 Å². The van der Waals surface area contributed by atoms with Gasteiger partial charge in [-0.2, -0.15) is 0 Å². The Bertz CT molecular complexity index is 1100. The molecule has 0 unspecified atom stereocenters. The van der Waals surface area contributed by atoms with E-state index in [1.807, 2.05) is 59.3 Å². The van der Waals surface area contributed by atoms with Gasteiger partial charge in [-0.25, -0.2) is 4.99 Å². The summed E-state index contributed by atoms with van der Waals surface area (Å²) in [6, 6.07) is 16.5. The zero-order valence-corrected chi connectivity index (χ0v) is 18.4. The molecule has 2 fully saturated rings. The Kier molecular flexibility index (Phi) is 5.52. The van der Waals surface area contributed by atoms with Crippen molar-refractivity contribution in [2.24, 2.45) is 4.99 Å². The molecule has 0 radical (unpaired) electrons. The van der Waals surface area contributed by atoms with Crippen LogP contribution in [-0.4, -0.2) is 47.2 Å². The Morgan fingerprint density at radius 3 is 2.62 bits per heavy atom. The van der Waals surface area contributed by atoms with Crippen molar-refractivity contribution in [1.82, 2.24) is 15.1 Å². The maximum Gasteiger partial charge on any atom is 0.247 e. The van der Waals surface area contributed by atoms with Gasteiger partial charge in [0.15, 0.2) is 0 Å². The zero-order chi connectivity index (χ0) is 22.1. The first kappa shape index (κ1) is 20.5. The molecule has 3 aliphatic rings. The van der Waals surface area contributed by atoms with Gasteiger partial charge < -0.3 is 9.80 Å². The van der Waals surface area contributed by atoms with Gasteiger partial charge in [0.1, 0.15) is 6.54 Å². The number of hydrogen-bond donors (Lipinski definition) is 1. The van der Waals surface area contributed by atoms with E-state index < -0.39 is 0 Å². The lowest BCUT2D eigenvalue weighted by molar-refractivity contribution is -0.127. The van der Waals surface area contributed by atoms with Crippen LogP contribution in [0.15, 0.2) is 59.6 Å². The van der Waals surface area contributed by atoms with Crippen molar-refractivity contribution in [1.29, 1.82) is 0 Å². The Labute approximate surface area is 188 Å². The molecular weight excluding hydrogens is 400 g/mol. The van der Waals surface area contributed by atoms with Crippen LogP contribution < -0.4 is 5.32 Å². The summed E-state index contributed by atoms with van der Waals surface area (Å²) >= 11 is 0. The summed E-state index contributed by atoms with van der Waals surface area (Å²) in [5, 5.41) is 2.81. The van der Waals surface area contributed by atoms with Gasteiger partial charge in [-0.15, -0.1) is 0 Å². The van der Waals surface area contributed by atoms with E-state index in [1.165, 1.54) is 19.3 Å². The number of carbonyl (C=O) groups excluding carboxylic acids is 2. The number of benzene rings is 2. The zero-order valence-electron chi connectivity index (χ0n) is 18.4. The first-order valence-electron chi connectivity index (χ1n) is 11.4. The van der Waals surface area contributed by atoms with E-state index in [0.717, 1.165) is 40.8 Å². The Hall–Kier alpha value is -3.41. The average Bonchev–Trinajstić information content (AvgIpc) is 3.19. The highest BCUT2D eigenvalue weighted by atomic mass is 16.2. The third kappa shape index (κ3) is 4.05. The van der Waals surface area contributed by atoms with Crippen molar-refractivity contribution < 1.29 is 9.59 Å². The first-order chi connectivity index (χ1) is 15.6. The monoisotopic (exact) mass is 428 g/mol. The van der Waals surface area contributed by atoms with E-state index in [-0.39, 0.29) is 11.8 Å². The van der Waals surface area contributed by atoms with Crippen LogP contribution in [0, 0.1) is 0 Å². The maximum absolute atomic E-state index is 13.2. The maximum atomic E-state index is 13.2. The number of rotatable bonds is 4. The number of amides is 2. The lowest BCUT2D eigenvalue weighted by Crippen LogP contribution is -2.37. The van der Waals surface area contributed by atoms with Gasteiger partial charge >= 0.3 is 0 Å². The second-order valence-corrected chi connectivity index (χ2v) is 8.85. The molecule has 164 valence electrons. The number of guanidine groups is 1. The van der Waals surface area contributed by atoms with Gasteiger partial charge in [0.05, 0.1) is 5.69 Å². The van der Waals surface area contributed by atoms with Crippen LogP contribution in [0.3, 0.4) is 0 Å². The Morgan fingerprint density at radius 1 is 1.06 bits per heavy atom. The number of nitrogens with zero attached hydrogens (tertiary/aromatic N) is 3. The molecule has 1 saturated heterocycles. The van der Waals surface area contributed by atoms with E-state index in [9.17, 15) is 9.59 Å². The number of aliphatic imine (C=N–C) groups is 1. The van der Waals surface area contributed by atoms with Crippen LogP contribution in [0.25, 0.3) is 5.57 Å². The smallest absolute Gasteiger partial charge is 0.247 e. The molecular formula is C26H28N4O2. The van der Waals surface area contributed by atoms with Crippen LogP contribution in [0.1, 0.15) is 48.8 Å². The normalized spacial score (nSPS) is 18.5. The van der Waals surface area contributed by atoms with Crippen molar-refractivity contribution in [3.8, 4) is 0 Å². The number of hydrogen-bond acceptors (Lipinski definition) is 4. The molecule has 6 nitrogen and oxygen atoms in total. The predicted octanol–water partition coefficient (Wildman–Crippen LogP) is 3.84. The Balaban J connectivity index is 1.49. The van der Waals surface area contributed by atoms with Gasteiger partial charge in [-0.05, 0) is 47.2 Å². The number of nitrogens with one attached hydrogen (secondary N) is 1. The molecule has 2 aliphatic heterocycles. The van der Waals surface area contributed by atoms with Gasteiger partial charge in [0.2, 0.25) is 17.8 Å². The molecule has 1 saturated carbocycles. The molecule has 0 atom stereocenters. The third-order valence-corrected chi connectivity index (χ3v) is 6.69. The van der Waals surface area contributed by atoms with Crippen molar-refractivity contribution in [3.63, 3.8) is 0 Å². The molecule has 2 aromatic carbocycles. The minimum absolute atomic E-state index is 0.0296. The lowest BCUT2D eigenvalue weighted by Gasteiger charge is -2.30. The first-order valence-corrected chi connectivity index (χ1v) is 11.4. The fourth-order valence-corrected chi connectivity index (χ4v) is 4.85. The molecule has 0 bridgehead atoms. The van der Waals surface area contributed by atoms with Crippen LogP contribution in [0.4, 0.5) is 5.69 Å². The highest BCUT2D eigenvalue weighted by Gasteiger charge is 2.29. The summed E-state index contributed by atoms with van der Waals surface area (Å²) < 4.78 is 0. The van der Waals surface area contributed by atoms with Crippen molar-refractivity contribution in [2.75, 3.05) is 13.6 Å². The molecule has 6 heteroatoms. The molecule has 2 aromatic rings. The highest BCUT2D eigenvalue weighted by Crippen LogP contribution is 2.32. The lowest BCUT2D eigenvalue weighted by atomic mass is 9.93. The molecule has 1 N–H and O–H groups in total. The van der Waals surface area contributed by atoms with Gasteiger partial charge in [0.25, 0.3) is 0 Å². The van der Waals surface area contributed by atoms with Crippen molar-refractivity contribution in [3.05, 3.63) is 71.3 Å². The van der Waals surface area contributed by atoms with Crippen LogP contribution in [0.5, 0.6) is 0 Å². The van der Waals surface area contributed by atoms with Gasteiger partial charge in [-0.1, -0.05) is 55.7 Å². The van der Waals surface area contributed by atoms with Crippen LogP contribution in [0.2, 0.25) is 0 Å². The second-order valence-electron chi connectivity index (χ2n) is 8.85. The van der Waals surface area contributed by atoms with E-state index >= 15 is 0 Å². The third-order valence-electron chi connectivity index (χ3n) is 6.69. The molecule has 0 spiro atoms. The molecule has 5 rings (SSSR count). The standard InChI is InChI=1S/C26H28N4O2/c1-29(21-10-6-3-7-11-21)25(32)15-22(18-8-4-2-5-9-18)19-12-13-23-20(14-19)16-30-17-24(31)28-26(30)27-23/h2,4-5,8-9,12-15,21H,3,6-7,10-11,16-17H2,1H3,(H,27,28,31). The predicted molar refractivity (Wildman–Crippen MR) is 125 cm³/mol. The molecule has 2 amide bonds. The molecule has 2 heterocycles. The Morgan fingerprint density at radius 2 is 1.84 bits per heavy atom. The highest BCUT2D eigenvalue weighted by molar-refractivity contribution is 6.06. The quantitative estimate of drug-likeness (QED) is 0.753. The fourth-order valence-electron chi connectivity index (χ4n) is 4.85. The van der Waals surface area contributed by atoms with E-state index in [4.69, 9.17) is 0 Å². The SMILES string of the molecule is CN(C(=O)C=C(c1ccccc1)c1ccc2c(c1)CN1CC(=O)NC1=N2)C1CCCCC1. The number of fused-ring (bicyclic) bond motifs is 2. The van der Waals surface area contributed by atoms with Crippen molar-refractivity contribution >= 4 is 29.0 Å². The number of carbonyl (C=O) groups is 2. The van der Waals surface area contributed by atoms with E-state index in [1.54, 1.807) is 6.08 Å². The summed E-state index contributed by atoms with van der Waals surface area (Å²) in [7, 11) is 1.93. The van der Waals surface area contributed by atoms with Gasteiger partial charge in [0, 0.05) is 25.7 Å². The average molecular weight is 429 g/mol. The minimum atomic E-state index is -0.0296. The van der Waals surface area contributed by atoms with E-state index in [0.29, 0.717) is 25.1 Å². The largest absolute Gasteiger partial charge is 0.339 e. The van der Waals surface area contributed by atoms with Crippen LogP contribution in [-0.2, 0) is 16.1 Å². The second kappa shape index (κ2) is 8.61. The minimum Gasteiger partial charge on any atom is -0.339 e. The summed E-state index contributed by atoms with van der Waals surface area (Å²) in [6.07, 6.45) is 7.60. The number of likely N-dealkylation sites (N-methyl/N-ethyl adjacent to an activating group) is 1. The fraction of sp³-hybridized carbons (Fsp3) is 0.346. The van der Waals surface area contributed by atoms with Gasteiger partial charge in [-0.3, -0.25) is 14.9 Å². The molecule has 0 aromatic heterocycles. The van der Waals surface area contributed by atoms with Crippen molar-refractivity contribution in [2.45, 2.75) is 44.7 Å². The van der Waals surface area contributed by atoms with Crippen LogP contribution >= 0.6 is 0 Å².